The van der Waals surface area contributed by atoms with E-state index in [4.69, 9.17) is 15.0 Å². The van der Waals surface area contributed by atoms with Gasteiger partial charge in [0.05, 0.1) is 24.6 Å². The Balaban J connectivity index is 1.94. The van der Waals surface area contributed by atoms with Gasteiger partial charge >= 0.3 is 0 Å². The molecule has 1 aromatic rings. The SMILES string of the molecule is CC(C)N1[C]N(C(C)C)c2cc(OCCOCCN=[N+]=[N-])ccc21. The normalized spacial score (nSPS) is 13.4. The van der Waals surface area contributed by atoms with Crippen molar-refractivity contribution in [2.24, 2.45) is 5.11 Å². The number of azide groups is 1. The minimum atomic E-state index is 0.326. The smallest absolute Gasteiger partial charge is 0.209 e. The predicted molar refractivity (Wildman–Crippen MR) is 95.2 cm³/mol. The van der Waals surface area contributed by atoms with Crippen molar-refractivity contribution in [3.05, 3.63) is 35.3 Å². The third-order valence-electron chi connectivity index (χ3n) is 3.61. The Bertz CT molecular complexity index is 584. The van der Waals surface area contributed by atoms with E-state index < -0.39 is 0 Å². The molecule has 0 saturated carbocycles. The van der Waals surface area contributed by atoms with Gasteiger partial charge in [0.2, 0.25) is 6.67 Å². The van der Waals surface area contributed by atoms with Crippen molar-refractivity contribution >= 4 is 11.4 Å². The van der Waals surface area contributed by atoms with E-state index in [1.807, 2.05) is 12.1 Å². The molecule has 0 aliphatic carbocycles. The third kappa shape index (κ3) is 4.46. The molecule has 1 heterocycles. The molecule has 0 atom stereocenters. The number of ether oxygens (including phenoxy) is 2. The summed E-state index contributed by atoms with van der Waals surface area (Å²) in [7, 11) is 0. The second kappa shape index (κ2) is 8.66. The lowest BCUT2D eigenvalue weighted by Gasteiger charge is -2.24. The van der Waals surface area contributed by atoms with Crippen LogP contribution < -0.4 is 14.5 Å². The van der Waals surface area contributed by atoms with Crippen molar-refractivity contribution in [3.63, 3.8) is 0 Å². The van der Waals surface area contributed by atoms with Crippen molar-refractivity contribution in [1.29, 1.82) is 0 Å². The van der Waals surface area contributed by atoms with Crippen LogP contribution in [0.5, 0.6) is 5.75 Å². The summed E-state index contributed by atoms with van der Waals surface area (Å²) in [6, 6.07) is 6.77. The minimum Gasteiger partial charge on any atom is -0.491 e. The van der Waals surface area contributed by atoms with Gasteiger partial charge in [-0.3, -0.25) is 0 Å². The Kier molecular flexibility index (Phi) is 6.58. The summed E-state index contributed by atoms with van der Waals surface area (Å²) in [4.78, 5) is 6.96. The summed E-state index contributed by atoms with van der Waals surface area (Å²) >= 11 is 0. The summed E-state index contributed by atoms with van der Waals surface area (Å²) in [5.74, 6) is 0.811. The molecule has 24 heavy (non-hydrogen) atoms. The molecule has 0 N–H and O–H groups in total. The Labute approximate surface area is 143 Å². The first-order chi connectivity index (χ1) is 11.5. The first kappa shape index (κ1) is 18.2. The van der Waals surface area contributed by atoms with E-state index in [1.54, 1.807) is 0 Å². The lowest BCUT2D eigenvalue weighted by Crippen LogP contribution is -2.33. The number of benzene rings is 1. The molecule has 0 aromatic heterocycles. The first-order valence-corrected chi connectivity index (χ1v) is 8.24. The van der Waals surface area contributed by atoms with E-state index in [0.717, 1.165) is 17.1 Å². The van der Waals surface area contributed by atoms with Crippen LogP contribution in [0.15, 0.2) is 23.3 Å². The number of fused-ring (bicyclic) bond motifs is 1. The van der Waals surface area contributed by atoms with Gasteiger partial charge in [0.15, 0.2) is 0 Å². The van der Waals surface area contributed by atoms with E-state index >= 15 is 0 Å². The van der Waals surface area contributed by atoms with E-state index in [2.05, 4.69) is 60.3 Å². The maximum absolute atomic E-state index is 8.17. The number of hydrogen-bond donors (Lipinski definition) is 0. The van der Waals surface area contributed by atoms with Crippen molar-refractivity contribution in [3.8, 4) is 5.75 Å². The Morgan fingerprint density at radius 2 is 1.79 bits per heavy atom. The zero-order valence-electron chi connectivity index (χ0n) is 14.8. The second-order valence-electron chi connectivity index (χ2n) is 6.09. The van der Waals surface area contributed by atoms with Gasteiger partial charge in [0, 0.05) is 29.6 Å². The molecule has 1 aromatic carbocycles. The van der Waals surface area contributed by atoms with E-state index in [0.29, 0.717) is 38.4 Å². The van der Waals surface area contributed by atoms with Gasteiger partial charge in [0.25, 0.3) is 0 Å². The van der Waals surface area contributed by atoms with Crippen LogP contribution in [0, 0.1) is 6.67 Å². The predicted octanol–water partition coefficient (Wildman–Crippen LogP) is 3.83. The minimum absolute atomic E-state index is 0.326. The fourth-order valence-electron chi connectivity index (χ4n) is 2.47. The Morgan fingerprint density at radius 3 is 2.46 bits per heavy atom. The fourth-order valence-corrected chi connectivity index (χ4v) is 2.47. The quantitative estimate of drug-likeness (QED) is 0.298. The van der Waals surface area contributed by atoms with Crippen molar-refractivity contribution < 1.29 is 9.47 Å². The van der Waals surface area contributed by atoms with Gasteiger partial charge < -0.3 is 19.3 Å². The van der Waals surface area contributed by atoms with Crippen LogP contribution in [0.3, 0.4) is 0 Å². The summed E-state index contributed by atoms with van der Waals surface area (Å²) in [5, 5.41) is 3.41. The highest BCUT2D eigenvalue weighted by atomic mass is 16.5. The van der Waals surface area contributed by atoms with Gasteiger partial charge in [-0.05, 0) is 45.4 Å². The lowest BCUT2D eigenvalue weighted by molar-refractivity contribution is 0.106. The van der Waals surface area contributed by atoms with E-state index in [1.165, 1.54) is 0 Å². The molecule has 2 rings (SSSR count). The zero-order chi connectivity index (χ0) is 17.5. The zero-order valence-corrected chi connectivity index (χ0v) is 14.8. The monoisotopic (exact) mass is 331 g/mol. The molecule has 7 nitrogen and oxygen atoms in total. The Morgan fingerprint density at radius 1 is 1.08 bits per heavy atom. The van der Waals surface area contributed by atoms with Gasteiger partial charge in [-0.15, -0.1) is 0 Å². The highest BCUT2D eigenvalue weighted by molar-refractivity contribution is 5.80. The number of hydrogen-bond acceptors (Lipinski definition) is 5. The summed E-state index contributed by atoms with van der Waals surface area (Å²) in [6.45, 7) is 13.7. The van der Waals surface area contributed by atoms with Crippen LogP contribution in [0.2, 0.25) is 0 Å². The largest absolute Gasteiger partial charge is 0.491 e. The summed E-state index contributed by atoms with van der Waals surface area (Å²) < 4.78 is 11.1. The number of nitrogens with zero attached hydrogens (tertiary/aromatic N) is 5. The average Bonchev–Trinajstić information content (AvgIpc) is 2.93. The molecule has 2 radical (unpaired) electrons. The van der Waals surface area contributed by atoms with Gasteiger partial charge in [-0.2, -0.15) is 0 Å². The average molecular weight is 331 g/mol. The van der Waals surface area contributed by atoms with Crippen LogP contribution >= 0.6 is 0 Å². The van der Waals surface area contributed by atoms with E-state index in [-0.39, 0.29) is 0 Å². The lowest BCUT2D eigenvalue weighted by atomic mass is 10.2. The van der Waals surface area contributed by atoms with Crippen molar-refractivity contribution in [2.75, 3.05) is 36.2 Å². The molecule has 0 unspecified atom stereocenters. The molecular formula is C17H25N5O2. The molecule has 7 heteroatoms. The highest BCUT2D eigenvalue weighted by Gasteiger charge is 2.31. The van der Waals surface area contributed by atoms with E-state index in [9.17, 15) is 0 Å². The summed E-state index contributed by atoms with van der Waals surface area (Å²) in [6.07, 6.45) is 0. The van der Waals surface area contributed by atoms with Crippen LogP contribution in [-0.2, 0) is 4.74 Å². The standard InChI is InChI=1S/C17H25N5O2/c1-13(2)21-12-22(14(3)4)17-11-15(5-6-16(17)21)24-10-9-23-8-7-19-20-18/h5-6,11,13-14H,7-10H2,1-4H3. The highest BCUT2D eigenvalue weighted by Crippen LogP contribution is 2.42. The number of rotatable bonds is 9. The van der Waals surface area contributed by atoms with Crippen LogP contribution in [0.4, 0.5) is 11.4 Å². The molecular weight excluding hydrogens is 306 g/mol. The van der Waals surface area contributed by atoms with Gasteiger partial charge in [0.1, 0.15) is 12.4 Å². The topological polar surface area (TPSA) is 73.7 Å². The van der Waals surface area contributed by atoms with Crippen molar-refractivity contribution in [1.82, 2.24) is 0 Å². The maximum Gasteiger partial charge on any atom is 0.209 e. The van der Waals surface area contributed by atoms with Crippen LogP contribution in [0.25, 0.3) is 10.4 Å². The van der Waals surface area contributed by atoms with Gasteiger partial charge in [-0.1, -0.05) is 5.11 Å². The molecule has 0 bridgehead atoms. The Hall–Kier alpha value is -2.11. The second-order valence-corrected chi connectivity index (χ2v) is 6.09. The molecule has 1 aliphatic rings. The van der Waals surface area contributed by atoms with Crippen LogP contribution in [-0.4, -0.2) is 38.4 Å². The molecule has 130 valence electrons. The maximum atomic E-state index is 8.17. The molecule has 0 saturated heterocycles. The fraction of sp³-hybridized carbons (Fsp3) is 0.588. The molecule has 0 amide bonds. The van der Waals surface area contributed by atoms with Gasteiger partial charge in [-0.25, -0.2) is 0 Å². The first-order valence-electron chi connectivity index (χ1n) is 8.24. The third-order valence-corrected chi connectivity index (χ3v) is 3.61. The molecule has 0 spiro atoms. The molecule has 1 aliphatic heterocycles. The summed E-state index contributed by atoms with van der Waals surface area (Å²) in [5.41, 5.74) is 10.4. The van der Waals surface area contributed by atoms with Crippen molar-refractivity contribution in [2.45, 2.75) is 39.8 Å². The molecule has 0 fully saturated rings. The van der Waals surface area contributed by atoms with Crippen LogP contribution in [0.1, 0.15) is 27.7 Å². The number of anilines is 2.